The van der Waals surface area contributed by atoms with Crippen molar-refractivity contribution in [1.82, 2.24) is 9.78 Å². The summed E-state index contributed by atoms with van der Waals surface area (Å²) >= 11 is 0. The first-order chi connectivity index (χ1) is 6.49. The van der Waals surface area contributed by atoms with Crippen LogP contribution in [0.15, 0.2) is 12.4 Å². The molecule has 0 radical (unpaired) electrons. The maximum atomic E-state index is 6.22. The smallest absolute Gasteiger partial charge is 0.0528 e. The Balaban J connectivity index is 2.31. The number of hydrogen-bond acceptors (Lipinski definition) is 2. The first kappa shape index (κ1) is 9.71. The molecule has 3 nitrogen and oxygen atoms in total. The topological polar surface area (TPSA) is 43.8 Å². The Morgan fingerprint density at radius 3 is 2.57 bits per heavy atom. The quantitative estimate of drug-likeness (QED) is 0.793. The normalized spacial score (nSPS) is 19.7. The van der Waals surface area contributed by atoms with Gasteiger partial charge in [-0.05, 0) is 39.2 Å². The van der Waals surface area contributed by atoms with E-state index in [2.05, 4.69) is 32.1 Å². The standard InChI is InChI=1S/C11H19N3/c1-4-14-8-9(7-13-14)11(5-6-11)10(2,3)12/h7-8H,4-6,12H2,1-3H3. The van der Waals surface area contributed by atoms with Crippen LogP contribution in [0.25, 0.3) is 0 Å². The van der Waals surface area contributed by atoms with Crippen molar-refractivity contribution in [3.8, 4) is 0 Å². The molecule has 1 aromatic heterocycles. The highest BCUT2D eigenvalue weighted by Gasteiger charge is 2.54. The Hall–Kier alpha value is -0.830. The van der Waals surface area contributed by atoms with Crippen molar-refractivity contribution in [1.29, 1.82) is 0 Å². The molecule has 1 aliphatic carbocycles. The fourth-order valence-corrected chi connectivity index (χ4v) is 2.21. The number of hydrogen-bond donors (Lipinski definition) is 1. The molecule has 14 heavy (non-hydrogen) atoms. The van der Waals surface area contributed by atoms with E-state index in [1.165, 1.54) is 18.4 Å². The second kappa shape index (κ2) is 2.83. The van der Waals surface area contributed by atoms with Gasteiger partial charge in [-0.2, -0.15) is 5.10 Å². The minimum Gasteiger partial charge on any atom is -0.325 e. The van der Waals surface area contributed by atoms with Gasteiger partial charge in [0.15, 0.2) is 0 Å². The third kappa shape index (κ3) is 1.27. The summed E-state index contributed by atoms with van der Waals surface area (Å²) in [5.74, 6) is 0. The van der Waals surface area contributed by atoms with E-state index in [1.54, 1.807) is 0 Å². The molecule has 2 N–H and O–H groups in total. The lowest BCUT2D eigenvalue weighted by Crippen LogP contribution is -2.45. The summed E-state index contributed by atoms with van der Waals surface area (Å²) in [6, 6.07) is 0. The monoisotopic (exact) mass is 193 g/mol. The summed E-state index contributed by atoms with van der Waals surface area (Å²) in [4.78, 5) is 0. The third-order valence-electron chi connectivity index (χ3n) is 3.49. The van der Waals surface area contributed by atoms with E-state index in [0.717, 1.165) is 6.54 Å². The molecule has 78 valence electrons. The van der Waals surface area contributed by atoms with E-state index < -0.39 is 0 Å². The second-order valence-electron chi connectivity index (χ2n) is 4.89. The van der Waals surface area contributed by atoms with Crippen molar-refractivity contribution in [2.45, 2.75) is 51.1 Å². The number of aryl methyl sites for hydroxylation is 1. The highest BCUT2D eigenvalue weighted by molar-refractivity contribution is 5.33. The molecule has 0 aromatic carbocycles. The van der Waals surface area contributed by atoms with Gasteiger partial charge in [-0.15, -0.1) is 0 Å². The summed E-state index contributed by atoms with van der Waals surface area (Å²) in [5.41, 5.74) is 7.60. The van der Waals surface area contributed by atoms with Crippen molar-refractivity contribution < 1.29 is 0 Å². The van der Waals surface area contributed by atoms with Crippen molar-refractivity contribution in [3.05, 3.63) is 18.0 Å². The molecule has 3 heteroatoms. The van der Waals surface area contributed by atoms with E-state index in [1.807, 2.05) is 10.9 Å². The summed E-state index contributed by atoms with van der Waals surface area (Å²) in [6.45, 7) is 7.26. The predicted octanol–water partition coefficient (Wildman–Crippen LogP) is 1.67. The lowest BCUT2D eigenvalue weighted by Gasteiger charge is -2.29. The molecule has 2 rings (SSSR count). The van der Waals surface area contributed by atoms with Crippen LogP contribution >= 0.6 is 0 Å². The van der Waals surface area contributed by atoms with Gasteiger partial charge in [0.05, 0.1) is 6.20 Å². The van der Waals surface area contributed by atoms with Gasteiger partial charge in [0.1, 0.15) is 0 Å². The van der Waals surface area contributed by atoms with Gasteiger partial charge < -0.3 is 5.73 Å². The van der Waals surface area contributed by atoms with Crippen LogP contribution in [0, 0.1) is 0 Å². The molecular formula is C11H19N3. The fraction of sp³-hybridized carbons (Fsp3) is 0.727. The third-order valence-corrected chi connectivity index (χ3v) is 3.49. The Labute approximate surface area is 85.3 Å². The first-order valence-corrected chi connectivity index (χ1v) is 5.31. The summed E-state index contributed by atoms with van der Waals surface area (Å²) in [6.07, 6.45) is 6.52. The average Bonchev–Trinajstić information content (AvgIpc) is 2.79. The SMILES string of the molecule is CCn1cc(C2(C(C)(C)N)CC2)cn1. The van der Waals surface area contributed by atoms with E-state index in [4.69, 9.17) is 5.73 Å². The molecule has 0 bridgehead atoms. The number of nitrogens with zero attached hydrogens (tertiary/aromatic N) is 2. The fourth-order valence-electron chi connectivity index (χ4n) is 2.21. The average molecular weight is 193 g/mol. The van der Waals surface area contributed by atoms with Crippen LogP contribution in [0.1, 0.15) is 39.2 Å². The van der Waals surface area contributed by atoms with Gasteiger partial charge in [-0.25, -0.2) is 0 Å². The van der Waals surface area contributed by atoms with Gasteiger partial charge in [-0.1, -0.05) is 0 Å². The summed E-state index contributed by atoms with van der Waals surface area (Å²) < 4.78 is 1.97. The molecule has 1 aliphatic rings. The lowest BCUT2D eigenvalue weighted by atomic mass is 9.81. The second-order valence-corrected chi connectivity index (χ2v) is 4.89. The largest absolute Gasteiger partial charge is 0.325 e. The van der Waals surface area contributed by atoms with Crippen molar-refractivity contribution in [2.75, 3.05) is 0 Å². The van der Waals surface area contributed by atoms with Crippen LogP contribution in [0.4, 0.5) is 0 Å². The van der Waals surface area contributed by atoms with Gasteiger partial charge in [0, 0.05) is 23.7 Å². The van der Waals surface area contributed by atoms with Gasteiger partial charge >= 0.3 is 0 Å². The Kier molecular flexibility index (Phi) is 1.96. The van der Waals surface area contributed by atoms with Gasteiger partial charge in [-0.3, -0.25) is 4.68 Å². The summed E-state index contributed by atoms with van der Waals surface area (Å²) in [5, 5.41) is 4.32. The van der Waals surface area contributed by atoms with Crippen molar-refractivity contribution >= 4 is 0 Å². The number of nitrogens with two attached hydrogens (primary N) is 1. The van der Waals surface area contributed by atoms with Crippen molar-refractivity contribution in [2.24, 2.45) is 5.73 Å². The van der Waals surface area contributed by atoms with Crippen LogP contribution in [0.5, 0.6) is 0 Å². The Morgan fingerprint density at radius 1 is 1.57 bits per heavy atom. The molecule has 0 aliphatic heterocycles. The summed E-state index contributed by atoms with van der Waals surface area (Å²) in [7, 11) is 0. The van der Waals surface area contributed by atoms with E-state index in [9.17, 15) is 0 Å². The van der Waals surface area contributed by atoms with Crippen LogP contribution in [0.3, 0.4) is 0 Å². The van der Waals surface area contributed by atoms with Gasteiger partial charge in [0.25, 0.3) is 0 Å². The van der Waals surface area contributed by atoms with E-state index >= 15 is 0 Å². The Bertz CT molecular complexity index is 329. The maximum absolute atomic E-state index is 6.22. The van der Waals surface area contributed by atoms with E-state index in [-0.39, 0.29) is 11.0 Å². The minimum atomic E-state index is -0.130. The van der Waals surface area contributed by atoms with Crippen LogP contribution in [-0.2, 0) is 12.0 Å². The molecular weight excluding hydrogens is 174 g/mol. The lowest BCUT2D eigenvalue weighted by molar-refractivity contribution is 0.391. The molecule has 1 aromatic rings. The molecule has 0 spiro atoms. The number of rotatable bonds is 3. The zero-order valence-electron chi connectivity index (χ0n) is 9.25. The molecule has 1 saturated carbocycles. The van der Waals surface area contributed by atoms with E-state index in [0.29, 0.717) is 0 Å². The van der Waals surface area contributed by atoms with Crippen LogP contribution in [0.2, 0.25) is 0 Å². The van der Waals surface area contributed by atoms with Crippen LogP contribution in [-0.4, -0.2) is 15.3 Å². The highest BCUT2D eigenvalue weighted by atomic mass is 15.3. The molecule has 0 saturated heterocycles. The molecule has 0 unspecified atom stereocenters. The predicted molar refractivity (Wildman–Crippen MR) is 57.1 cm³/mol. The molecule has 0 atom stereocenters. The van der Waals surface area contributed by atoms with Gasteiger partial charge in [0.2, 0.25) is 0 Å². The molecule has 1 fully saturated rings. The molecule has 1 heterocycles. The molecule has 0 amide bonds. The zero-order chi connectivity index (χ0) is 10.4. The minimum absolute atomic E-state index is 0.130. The van der Waals surface area contributed by atoms with Crippen LogP contribution < -0.4 is 5.73 Å². The number of aromatic nitrogens is 2. The van der Waals surface area contributed by atoms with Crippen molar-refractivity contribution in [3.63, 3.8) is 0 Å². The highest BCUT2D eigenvalue weighted by Crippen LogP contribution is 2.54. The zero-order valence-corrected chi connectivity index (χ0v) is 9.25. The Morgan fingerprint density at radius 2 is 2.21 bits per heavy atom. The first-order valence-electron chi connectivity index (χ1n) is 5.31. The maximum Gasteiger partial charge on any atom is 0.0528 e.